The molecule has 1 aromatic carbocycles. The highest BCUT2D eigenvalue weighted by Gasteiger charge is 2.12. The van der Waals surface area contributed by atoms with E-state index in [1.807, 2.05) is 6.07 Å². The molecule has 7 heteroatoms. The maximum Gasteiger partial charge on any atom is 0.305 e. The van der Waals surface area contributed by atoms with E-state index in [0.717, 1.165) is 6.42 Å². The number of hydrogen-bond donors (Lipinski definition) is 1. The zero-order valence-corrected chi connectivity index (χ0v) is 12.6. The Labute approximate surface area is 124 Å². The third-order valence-corrected chi connectivity index (χ3v) is 4.35. The van der Waals surface area contributed by atoms with Gasteiger partial charge in [-0.15, -0.1) is 0 Å². The molecule has 0 fully saturated rings. The summed E-state index contributed by atoms with van der Waals surface area (Å²) < 4.78 is 30.9. The highest BCUT2D eigenvalue weighted by atomic mass is 32.2. The van der Waals surface area contributed by atoms with Crippen LogP contribution in [0.25, 0.3) is 0 Å². The number of carbonyl (C=O) groups is 1. The summed E-state index contributed by atoms with van der Waals surface area (Å²) in [6, 6.07) is 7.66. The Hall–Kier alpha value is -1.91. The first-order valence-electron chi connectivity index (χ1n) is 6.56. The van der Waals surface area contributed by atoms with Gasteiger partial charge >= 0.3 is 5.97 Å². The van der Waals surface area contributed by atoms with Crippen molar-refractivity contribution in [1.82, 2.24) is 4.72 Å². The number of hydrogen-bond acceptors (Lipinski definition) is 5. The zero-order chi connectivity index (χ0) is 15.7. The number of methoxy groups -OCH3 is 1. The fourth-order valence-corrected chi connectivity index (χ4v) is 2.75. The van der Waals surface area contributed by atoms with Crippen molar-refractivity contribution in [1.29, 1.82) is 5.26 Å². The van der Waals surface area contributed by atoms with Gasteiger partial charge in [0, 0.05) is 13.0 Å². The van der Waals surface area contributed by atoms with E-state index < -0.39 is 10.0 Å². The van der Waals surface area contributed by atoms with Gasteiger partial charge in [0.05, 0.1) is 23.6 Å². The molecule has 0 saturated carbocycles. The Bertz CT molecular complexity index is 603. The molecule has 0 aliphatic rings. The number of ether oxygens (including phenoxy) is 1. The van der Waals surface area contributed by atoms with Gasteiger partial charge in [0.1, 0.15) is 0 Å². The van der Waals surface area contributed by atoms with E-state index in [4.69, 9.17) is 5.26 Å². The number of esters is 1. The summed E-state index contributed by atoms with van der Waals surface area (Å²) in [6.45, 7) is 0.309. The van der Waals surface area contributed by atoms with Crippen molar-refractivity contribution >= 4 is 16.0 Å². The Kier molecular flexibility index (Phi) is 6.85. The number of rotatable bonds is 8. The van der Waals surface area contributed by atoms with Crippen LogP contribution >= 0.6 is 0 Å². The number of benzene rings is 1. The summed E-state index contributed by atoms with van der Waals surface area (Å²) in [5, 5.41) is 8.66. The molecule has 0 radical (unpaired) electrons. The van der Waals surface area contributed by atoms with Crippen LogP contribution in [0.5, 0.6) is 0 Å². The normalized spacial score (nSPS) is 10.9. The lowest BCUT2D eigenvalue weighted by Gasteiger charge is -2.06. The summed E-state index contributed by atoms with van der Waals surface area (Å²) in [6.07, 6.45) is 2.40. The van der Waals surface area contributed by atoms with E-state index in [0.29, 0.717) is 31.4 Å². The average Bonchev–Trinajstić information content (AvgIpc) is 2.50. The summed E-state index contributed by atoms with van der Waals surface area (Å²) in [5.41, 5.74) is 0.414. The van der Waals surface area contributed by atoms with Crippen LogP contribution in [-0.2, 0) is 19.6 Å². The lowest BCUT2D eigenvalue weighted by Crippen LogP contribution is -2.24. The number of nitriles is 1. The van der Waals surface area contributed by atoms with E-state index in [-0.39, 0.29) is 10.9 Å². The van der Waals surface area contributed by atoms with E-state index >= 15 is 0 Å². The van der Waals surface area contributed by atoms with E-state index in [2.05, 4.69) is 9.46 Å². The molecule has 114 valence electrons. The third kappa shape index (κ3) is 5.94. The molecule has 6 nitrogen and oxygen atoms in total. The second-order valence-electron chi connectivity index (χ2n) is 4.42. The molecule has 1 N–H and O–H groups in total. The standard InChI is InChI=1S/C14H18N2O4S/c1-20-14(17)5-3-2-4-10-16-21(18,19)13-8-6-12(11-15)7-9-13/h6-9,16H,2-5,10H2,1H3. The third-order valence-electron chi connectivity index (χ3n) is 2.87. The zero-order valence-electron chi connectivity index (χ0n) is 11.8. The first kappa shape index (κ1) is 17.1. The fraction of sp³-hybridized carbons (Fsp3) is 0.429. The minimum absolute atomic E-state index is 0.135. The fourth-order valence-electron chi connectivity index (χ4n) is 1.67. The van der Waals surface area contributed by atoms with Crippen molar-refractivity contribution in [2.75, 3.05) is 13.7 Å². The Balaban J connectivity index is 2.36. The molecule has 0 amide bonds. The molecule has 21 heavy (non-hydrogen) atoms. The van der Waals surface area contributed by atoms with Crippen molar-refractivity contribution < 1.29 is 17.9 Å². The molecule has 0 heterocycles. The maximum atomic E-state index is 12.0. The van der Waals surface area contributed by atoms with Crippen LogP contribution in [0, 0.1) is 11.3 Å². The van der Waals surface area contributed by atoms with Gasteiger partial charge in [0.2, 0.25) is 10.0 Å². The van der Waals surface area contributed by atoms with Crippen molar-refractivity contribution in [2.24, 2.45) is 0 Å². The second-order valence-corrected chi connectivity index (χ2v) is 6.19. The lowest BCUT2D eigenvalue weighted by molar-refractivity contribution is -0.140. The number of nitrogens with one attached hydrogen (secondary N) is 1. The number of sulfonamides is 1. The monoisotopic (exact) mass is 310 g/mol. The van der Waals surface area contributed by atoms with Crippen LogP contribution in [0.15, 0.2) is 29.2 Å². The van der Waals surface area contributed by atoms with Crippen LogP contribution < -0.4 is 4.72 Å². The second kappa shape index (κ2) is 8.39. The number of nitrogens with zero attached hydrogens (tertiary/aromatic N) is 1. The van der Waals surface area contributed by atoms with Crippen LogP contribution in [0.2, 0.25) is 0 Å². The first-order valence-corrected chi connectivity index (χ1v) is 8.04. The van der Waals surface area contributed by atoms with Gasteiger partial charge < -0.3 is 4.74 Å². The molecule has 1 rings (SSSR count). The van der Waals surface area contributed by atoms with Crippen molar-refractivity contribution in [3.05, 3.63) is 29.8 Å². The summed E-state index contributed by atoms with van der Waals surface area (Å²) >= 11 is 0. The van der Waals surface area contributed by atoms with Gasteiger partial charge in [-0.1, -0.05) is 6.42 Å². The highest BCUT2D eigenvalue weighted by Crippen LogP contribution is 2.10. The molecule has 0 aliphatic heterocycles. The highest BCUT2D eigenvalue weighted by molar-refractivity contribution is 7.89. The van der Waals surface area contributed by atoms with Gasteiger partial charge in [0.15, 0.2) is 0 Å². The largest absolute Gasteiger partial charge is 0.469 e. The van der Waals surface area contributed by atoms with Crippen molar-refractivity contribution in [3.8, 4) is 6.07 Å². The van der Waals surface area contributed by atoms with E-state index in [1.54, 1.807) is 0 Å². The van der Waals surface area contributed by atoms with Crippen LogP contribution in [-0.4, -0.2) is 28.0 Å². The van der Waals surface area contributed by atoms with E-state index in [1.165, 1.54) is 31.4 Å². The van der Waals surface area contributed by atoms with E-state index in [9.17, 15) is 13.2 Å². The topological polar surface area (TPSA) is 96.3 Å². The molecular formula is C14H18N2O4S. The maximum absolute atomic E-state index is 12.0. The van der Waals surface area contributed by atoms with Crippen LogP contribution in [0.4, 0.5) is 0 Å². The van der Waals surface area contributed by atoms with Gasteiger partial charge in [0.25, 0.3) is 0 Å². The molecule has 0 spiro atoms. The number of unbranched alkanes of at least 4 members (excludes halogenated alkanes) is 2. The molecular weight excluding hydrogens is 292 g/mol. The summed E-state index contributed by atoms with van der Waals surface area (Å²) in [5.74, 6) is -0.256. The molecule has 0 unspecified atom stereocenters. The predicted octanol–water partition coefficient (Wildman–Crippen LogP) is 1.57. The predicted molar refractivity (Wildman–Crippen MR) is 76.8 cm³/mol. The molecule has 0 aliphatic carbocycles. The SMILES string of the molecule is COC(=O)CCCCCNS(=O)(=O)c1ccc(C#N)cc1. The Morgan fingerprint density at radius 2 is 1.90 bits per heavy atom. The van der Waals surface area contributed by atoms with Gasteiger partial charge in [-0.3, -0.25) is 4.79 Å². The van der Waals surface area contributed by atoms with Gasteiger partial charge in [-0.05, 0) is 37.1 Å². The molecule has 0 aromatic heterocycles. The Morgan fingerprint density at radius 1 is 1.24 bits per heavy atom. The van der Waals surface area contributed by atoms with Crippen LogP contribution in [0.1, 0.15) is 31.2 Å². The lowest BCUT2D eigenvalue weighted by atomic mass is 10.2. The van der Waals surface area contributed by atoms with Crippen molar-refractivity contribution in [3.63, 3.8) is 0 Å². The number of carbonyl (C=O) groups excluding carboxylic acids is 1. The average molecular weight is 310 g/mol. The molecule has 0 saturated heterocycles. The Morgan fingerprint density at radius 3 is 2.48 bits per heavy atom. The van der Waals surface area contributed by atoms with Crippen LogP contribution in [0.3, 0.4) is 0 Å². The molecule has 1 aromatic rings. The summed E-state index contributed by atoms with van der Waals surface area (Å²) in [7, 11) is -2.20. The van der Waals surface area contributed by atoms with Gasteiger partial charge in [-0.2, -0.15) is 5.26 Å². The van der Waals surface area contributed by atoms with Gasteiger partial charge in [-0.25, -0.2) is 13.1 Å². The quantitative estimate of drug-likeness (QED) is 0.581. The first-order chi connectivity index (χ1) is 9.99. The minimum atomic E-state index is -3.54. The van der Waals surface area contributed by atoms with Crippen molar-refractivity contribution in [2.45, 2.75) is 30.6 Å². The molecule has 0 atom stereocenters. The molecule has 0 bridgehead atoms. The summed E-state index contributed by atoms with van der Waals surface area (Å²) in [4.78, 5) is 11.0. The smallest absolute Gasteiger partial charge is 0.305 e. The minimum Gasteiger partial charge on any atom is -0.469 e.